The second-order valence-corrected chi connectivity index (χ2v) is 4.20. The maximum Gasteiger partial charge on any atom is 0.422 e. The molecule has 0 bridgehead atoms. The Hall–Kier alpha value is -2.25. The Balaban J connectivity index is 2.67. The van der Waals surface area contributed by atoms with Gasteiger partial charge in [0.2, 0.25) is 11.4 Å². The zero-order valence-corrected chi connectivity index (χ0v) is 10.5. The Morgan fingerprint density at radius 1 is 1.20 bits per heavy atom. The van der Waals surface area contributed by atoms with Crippen LogP contribution in [-0.4, -0.2) is 35.2 Å². The summed E-state index contributed by atoms with van der Waals surface area (Å²) in [6.45, 7) is -0.0707. The lowest BCUT2D eigenvalue weighted by molar-refractivity contribution is -0.206. The fourth-order valence-corrected chi connectivity index (χ4v) is 1.31. The summed E-state index contributed by atoms with van der Waals surface area (Å²) in [5.41, 5.74) is -2.78. The molecule has 5 nitrogen and oxygen atoms in total. The molecule has 0 spiro atoms. The van der Waals surface area contributed by atoms with Crippen molar-refractivity contribution in [2.24, 2.45) is 0 Å². The third-order valence-electron chi connectivity index (χ3n) is 2.61. The Morgan fingerprint density at radius 3 is 2.20 bits per heavy atom. The van der Waals surface area contributed by atoms with Gasteiger partial charge in [-0.1, -0.05) is 18.2 Å². The number of aliphatic carboxylic acids is 1. The molecule has 1 atom stereocenters. The summed E-state index contributed by atoms with van der Waals surface area (Å²) in [5.74, 6) is -3.24. The van der Waals surface area contributed by atoms with Gasteiger partial charge in [0.1, 0.15) is 0 Å². The molecule has 0 aliphatic heterocycles. The number of amides is 1. The molecule has 1 amide bonds. The number of carbonyl (C=O) groups excluding carboxylic acids is 1. The average molecular weight is 290 g/mol. The molecule has 0 saturated heterocycles. The van der Waals surface area contributed by atoms with Gasteiger partial charge in [-0.05, 0) is 19.1 Å². The molecule has 1 unspecified atom stereocenters. The highest BCUT2D eigenvalue weighted by Crippen LogP contribution is 2.30. The van der Waals surface area contributed by atoms with Crippen molar-refractivity contribution in [2.45, 2.75) is 18.6 Å². The van der Waals surface area contributed by atoms with Gasteiger partial charge in [-0.15, -0.1) is 0 Å². The van der Waals surface area contributed by atoms with E-state index in [2.05, 4.69) is 5.32 Å². The zero-order chi connectivity index (χ0) is 15.4. The van der Waals surface area contributed by atoms with Crippen LogP contribution in [0, 0.1) is 0 Å². The number of rotatable bonds is 5. The van der Waals surface area contributed by atoms with Crippen LogP contribution < -0.4 is 10.6 Å². The third kappa shape index (κ3) is 3.62. The topological polar surface area (TPSA) is 78.4 Å². The van der Waals surface area contributed by atoms with E-state index in [0.29, 0.717) is 12.6 Å². The number of carboxylic acid groups (broad SMARTS) is 1. The van der Waals surface area contributed by atoms with E-state index >= 15 is 0 Å². The number of benzene rings is 1. The van der Waals surface area contributed by atoms with Crippen molar-refractivity contribution in [3.05, 3.63) is 30.3 Å². The van der Waals surface area contributed by atoms with Crippen LogP contribution in [0.1, 0.15) is 6.92 Å². The number of alkyl halides is 3. The van der Waals surface area contributed by atoms with Crippen LogP contribution >= 0.6 is 0 Å². The van der Waals surface area contributed by atoms with Crippen molar-refractivity contribution in [2.75, 3.05) is 11.9 Å². The molecular weight excluding hydrogens is 277 g/mol. The minimum Gasteiger partial charge on any atom is -0.479 e. The van der Waals surface area contributed by atoms with Gasteiger partial charge in [0.05, 0.1) is 6.54 Å². The standard InChI is InChI=1S/C12H13F3N2O3/c1-11(10(19)20,12(13,14)15)17-9(18)7-16-8-5-3-2-4-6-8/h2-6,16H,7H2,1H3,(H,17,18)(H,19,20). The van der Waals surface area contributed by atoms with Crippen LogP contribution in [0.5, 0.6) is 0 Å². The summed E-state index contributed by atoms with van der Waals surface area (Å²) in [5, 5.41) is 12.7. The van der Waals surface area contributed by atoms with E-state index < -0.39 is 30.1 Å². The van der Waals surface area contributed by atoms with E-state index in [-0.39, 0.29) is 0 Å². The summed E-state index contributed by atoms with van der Waals surface area (Å²) in [6.07, 6.45) is -5.10. The van der Waals surface area contributed by atoms with Crippen LogP contribution in [0.3, 0.4) is 0 Å². The lowest BCUT2D eigenvalue weighted by Crippen LogP contribution is -2.62. The predicted octanol–water partition coefficient (Wildman–Crippen LogP) is 1.62. The number of carbonyl (C=O) groups is 2. The first kappa shape index (κ1) is 15.8. The second-order valence-electron chi connectivity index (χ2n) is 4.20. The quantitative estimate of drug-likeness (QED) is 0.770. The van der Waals surface area contributed by atoms with Crippen LogP contribution in [0.2, 0.25) is 0 Å². The number of hydrogen-bond donors (Lipinski definition) is 3. The first-order chi connectivity index (χ1) is 9.17. The van der Waals surface area contributed by atoms with Gasteiger partial charge in [0.15, 0.2) is 0 Å². The monoisotopic (exact) mass is 290 g/mol. The largest absolute Gasteiger partial charge is 0.479 e. The van der Waals surface area contributed by atoms with Crippen molar-refractivity contribution in [1.29, 1.82) is 0 Å². The lowest BCUT2D eigenvalue weighted by atomic mass is 10.0. The highest BCUT2D eigenvalue weighted by Gasteiger charge is 2.58. The van der Waals surface area contributed by atoms with Gasteiger partial charge in [0.25, 0.3) is 0 Å². The predicted molar refractivity (Wildman–Crippen MR) is 65.2 cm³/mol. The Labute approximate surface area is 112 Å². The van der Waals surface area contributed by atoms with E-state index in [1.54, 1.807) is 30.3 Å². The fourth-order valence-electron chi connectivity index (χ4n) is 1.31. The first-order valence-corrected chi connectivity index (χ1v) is 5.57. The molecule has 0 heterocycles. The summed E-state index contributed by atoms with van der Waals surface area (Å²) in [6, 6.07) is 8.33. The van der Waals surface area contributed by atoms with E-state index in [4.69, 9.17) is 5.11 Å². The molecule has 8 heteroatoms. The van der Waals surface area contributed by atoms with Crippen molar-refractivity contribution < 1.29 is 27.9 Å². The number of carboxylic acids is 1. The SMILES string of the molecule is CC(NC(=O)CNc1ccccc1)(C(=O)O)C(F)(F)F. The molecule has 0 fully saturated rings. The minimum atomic E-state index is -5.10. The van der Waals surface area contributed by atoms with Gasteiger partial charge < -0.3 is 15.7 Å². The van der Waals surface area contributed by atoms with Crippen LogP contribution in [0.25, 0.3) is 0 Å². The lowest BCUT2D eigenvalue weighted by Gasteiger charge is -2.28. The molecule has 0 aromatic heterocycles. The maximum absolute atomic E-state index is 12.7. The van der Waals surface area contributed by atoms with E-state index in [1.807, 2.05) is 0 Å². The Bertz CT molecular complexity index is 490. The number of anilines is 1. The van der Waals surface area contributed by atoms with E-state index in [1.165, 1.54) is 5.32 Å². The molecule has 20 heavy (non-hydrogen) atoms. The van der Waals surface area contributed by atoms with E-state index in [9.17, 15) is 22.8 Å². The van der Waals surface area contributed by atoms with Crippen molar-refractivity contribution in [3.8, 4) is 0 Å². The summed E-state index contributed by atoms with van der Waals surface area (Å²) in [7, 11) is 0. The van der Waals surface area contributed by atoms with Gasteiger partial charge in [0, 0.05) is 5.69 Å². The van der Waals surface area contributed by atoms with Gasteiger partial charge in [-0.2, -0.15) is 13.2 Å². The molecule has 0 aliphatic rings. The van der Waals surface area contributed by atoms with Crippen LogP contribution in [-0.2, 0) is 9.59 Å². The minimum absolute atomic E-state index is 0.399. The molecule has 110 valence electrons. The van der Waals surface area contributed by atoms with Crippen molar-refractivity contribution in [3.63, 3.8) is 0 Å². The van der Waals surface area contributed by atoms with Gasteiger partial charge in [-0.25, -0.2) is 4.79 Å². The van der Waals surface area contributed by atoms with Gasteiger partial charge >= 0.3 is 12.1 Å². The molecule has 0 radical (unpaired) electrons. The number of nitrogens with one attached hydrogen (secondary N) is 2. The zero-order valence-electron chi connectivity index (χ0n) is 10.5. The number of para-hydroxylation sites is 1. The van der Waals surface area contributed by atoms with Crippen molar-refractivity contribution in [1.82, 2.24) is 5.32 Å². The summed E-state index contributed by atoms with van der Waals surface area (Å²) >= 11 is 0. The van der Waals surface area contributed by atoms with Crippen LogP contribution in [0.4, 0.5) is 18.9 Å². The Morgan fingerprint density at radius 2 is 1.75 bits per heavy atom. The summed E-state index contributed by atoms with van der Waals surface area (Å²) in [4.78, 5) is 22.2. The first-order valence-electron chi connectivity index (χ1n) is 5.57. The Kier molecular flexibility index (Phi) is 4.59. The highest BCUT2D eigenvalue weighted by molar-refractivity contribution is 5.89. The average Bonchev–Trinajstić information content (AvgIpc) is 2.36. The molecule has 0 saturated carbocycles. The highest BCUT2D eigenvalue weighted by atomic mass is 19.4. The second kappa shape index (κ2) is 5.81. The molecule has 1 aromatic rings. The molecule has 0 aliphatic carbocycles. The normalized spacial score (nSPS) is 14.2. The van der Waals surface area contributed by atoms with Gasteiger partial charge in [-0.3, -0.25) is 4.79 Å². The molecular formula is C12H13F3N2O3. The maximum atomic E-state index is 12.7. The van der Waals surface area contributed by atoms with Crippen molar-refractivity contribution >= 4 is 17.6 Å². The number of halogens is 3. The number of hydrogen-bond acceptors (Lipinski definition) is 3. The molecule has 1 aromatic carbocycles. The summed E-state index contributed by atoms with van der Waals surface area (Å²) < 4.78 is 38.0. The third-order valence-corrected chi connectivity index (χ3v) is 2.61. The van der Waals surface area contributed by atoms with E-state index in [0.717, 1.165) is 0 Å². The molecule has 1 rings (SSSR count). The molecule has 3 N–H and O–H groups in total. The van der Waals surface area contributed by atoms with Crippen LogP contribution in [0.15, 0.2) is 30.3 Å². The smallest absolute Gasteiger partial charge is 0.422 e. The fraction of sp³-hybridized carbons (Fsp3) is 0.333.